The van der Waals surface area contributed by atoms with Crippen molar-refractivity contribution >= 4 is 23.5 Å². The lowest BCUT2D eigenvalue weighted by Gasteiger charge is -2.33. The fourth-order valence-corrected chi connectivity index (χ4v) is 4.33. The van der Waals surface area contributed by atoms with E-state index in [0.29, 0.717) is 24.2 Å². The number of rotatable bonds is 2. The third-order valence-corrected chi connectivity index (χ3v) is 5.58. The van der Waals surface area contributed by atoms with Gasteiger partial charge in [-0.05, 0) is 30.2 Å². The second-order valence-electron chi connectivity index (χ2n) is 7.08. The summed E-state index contributed by atoms with van der Waals surface area (Å²) in [5, 5.41) is 8.53. The average Bonchev–Trinajstić information content (AvgIpc) is 3.30. The summed E-state index contributed by atoms with van der Waals surface area (Å²) in [6, 6.07) is 6.49. The quantitative estimate of drug-likeness (QED) is 0.794. The fourth-order valence-electron chi connectivity index (χ4n) is 4.33. The van der Waals surface area contributed by atoms with Crippen molar-refractivity contribution in [3.63, 3.8) is 0 Å². The third-order valence-electron chi connectivity index (χ3n) is 5.58. The first kappa shape index (κ1) is 14.7. The number of hydrogen-bond donors (Lipinski definition) is 2. The number of amides is 4. The van der Waals surface area contributed by atoms with Gasteiger partial charge in [0.05, 0.1) is 13.1 Å². The van der Waals surface area contributed by atoms with Crippen molar-refractivity contribution in [2.24, 2.45) is 0 Å². The standard InChI is InChI=1S/C17H19N5O3/c23-15-3-4-21(17(25)19-15)22-8-10-5-12(1-2-14(10)16(22)24)20-9-11-6-13(20)7-18-11/h1-2,5,11,13,18H,3-4,6-9H2,(H,19,23,25)/t11-,13-/m0/s1. The predicted octanol–water partition coefficient (Wildman–Crippen LogP) is 0.0498. The van der Waals surface area contributed by atoms with Crippen molar-refractivity contribution in [3.05, 3.63) is 29.3 Å². The molecule has 0 aliphatic carbocycles. The SMILES string of the molecule is O=C1CCN(N2Cc3cc(N4C[C@@H]5C[C@H]4CN5)ccc3C2=O)C(=O)N1. The van der Waals surface area contributed by atoms with E-state index in [9.17, 15) is 14.4 Å². The number of hydrogen-bond acceptors (Lipinski definition) is 5. The van der Waals surface area contributed by atoms with Gasteiger partial charge in [-0.1, -0.05) is 0 Å². The lowest BCUT2D eigenvalue weighted by Crippen LogP contribution is -2.56. The minimum Gasteiger partial charge on any atom is -0.366 e. The van der Waals surface area contributed by atoms with E-state index in [4.69, 9.17) is 0 Å². The number of fused-ring (bicyclic) bond motifs is 3. The highest BCUT2D eigenvalue weighted by Gasteiger charge is 2.40. The minimum atomic E-state index is -0.527. The minimum absolute atomic E-state index is 0.185. The van der Waals surface area contributed by atoms with Crippen LogP contribution in [0.5, 0.6) is 0 Å². The van der Waals surface area contributed by atoms with E-state index in [-0.39, 0.29) is 24.8 Å². The predicted molar refractivity (Wildman–Crippen MR) is 88.7 cm³/mol. The summed E-state index contributed by atoms with van der Waals surface area (Å²) < 4.78 is 0. The molecule has 25 heavy (non-hydrogen) atoms. The van der Waals surface area contributed by atoms with Crippen LogP contribution in [-0.4, -0.2) is 59.6 Å². The Morgan fingerprint density at radius 1 is 1.12 bits per heavy atom. The molecule has 0 spiro atoms. The maximum absolute atomic E-state index is 12.7. The zero-order valence-corrected chi connectivity index (χ0v) is 13.7. The number of imide groups is 1. The number of nitrogens with zero attached hydrogens (tertiary/aromatic N) is 3. The lowest BCUT2D eigenvalue weighted by molar-refractivity contribution is -0.123. The van der Waals surface area contributed by atoms with Gasteiger partial charge in [-0.3, -0.25) is 14.9 Å². The number of benzene rings is 1. The third kappa shape index (κ3) is 2.21. The van der Waals surface area contributed by atoms with Crippen LogP contribution in [0, 0.1) is 0 Å². The molecule has 0 unspecified atom stereocenters. The lowest BCUT2D eigenvalue weighted by atomic mass is 10.1. The molecule has 4 amide bonds. The number of anilines is 1. The summed E-state index contributed by atoms with van der Waals surface area (Å²) in [5.41, 5.74) is 2.71. The van der Waals surface area contributed by atoms with Gasteiger partial charge < -0.3 is 10.2 Å². The number of piperazine rings is 1. The van der Waals surface area contributed by atoms with Crippen molar-refractivity contribution < 1.29 is 14.4 Å². The van der Waals surface area contributed by atoms with Crippen molar-refractivity contribution in [1.29, 1.82) is 0 Å². The smallest absolute Gasteiger partial charge is 0.342 e. The first-order valence-electron chi connectivity index (χ1n) is 8.66. The van der Waals surface area contributed by atoms with E-state index in [0.717, 1.165) is 24.3 Å². The van der Waals surface area contributed by atoms with Crippen molar-refractivity contribution in [2.75, 3.05) is 24.5 Å². The Balaban J connectivity index is 1.39. The highest BCUT2D eigenvalue weighted by Crippen LogP contribution is 2.33. The molecule has 3 saturated heterocycles. The topological polar surface area (TPSA) is 85.0 Å². The van der Waals surface area contributed by atoms with Crippen LogP contribution in [0.15, 0.2) is 18.2 Å². The molecule has 0 saturated carbocycles. The Labute approximate surface area is 144 Å². The molecular weight excluding hydrogens is 322 g/mol. The highest BCUT2D eigenvalue weighted by molar-refractivity contribution is 6.02. The molecule has 0 aromatic heterocycles. The van der Waals surface area contributed by atoms with Gasteiger partial charge in [0.25, 0.3) is 5.91 Å². The summed E-state index contributed by atoms with van der Waals surface area (Å²) in [6.45, 7) is 2.61. The number of carbonyl (C=O) groups excluding carboxylic acids is 3. The van der Waals surface area contributed by atoms with Crippen LogP contribution in [-0.2, 0) is 11.3 Å². The number of urea groups is 1. The Morgan fingerprint density at radius 2 is 2.00 bits per heavy atom. The van der Waals surface area contributed by atoms with E-state index in [1.807, 2.05) is 12.1 Å². The number of hydrazine groups is 1. The zero-order chi connectivity index (χ0) is 17.1. The van der Waals surface area contributed by atoms with E-state index in [2.05, 4.69) is 21.6 Å². The van der Waals surface area contributed by atoms with Gasteiger partial charge in [-0.15, -0.1) is 0 Å². The molecule has 5 rings (SSSR count). The van der Waals surface area contributed by atoms with Crippen LogP contribution in [0.2, 0.25) is 0 Å². The van der Waals surface area contributed by atoms with Crippen LogP contribution in [0.4, 0.5) is 10.5 Å². The van der Waals surface area contributed by atoms with Gasteiger partial charge in [-0.2, -0.15) is 0 Å². The summed E-state index contributed by atoms with van der Waals surface area (Å²) in [6.07, 6.45) is 1.38. The second kappa shape index (κ2) is 5.19. The van der Waals surface area contributed by atoms with Gasteiger partial charge in [-0.25, -0.2) is 14.8 Å². The second-order valence-corrected chi connectivity index (χ2v) is 7.08. The van der Waals surface area contributed by atoms with Crippen LogP contribution in [0.25, 0.3) is 0 Å². The Bertz CT molecular complexity index is 794. The van der Waals surface area contributed by atoms with Crippen LogP contribution in [0.3, 0.4) is 0 Å². The maximum atomic E-state index is 12.7. The Morgan fingerprint density at radius 3 is 2.72 bits per heavy atom. The first-order valence-corrected chi connectivity index (χ1v) is 8.66. The van der Waals surface area contributed by atoms with Gasteiger partial charge in [0, 0.05) is 42.8 Å². The Kier molecular flexibility index (Phi) is 3.05. The van der Waals surface area contributed by atoms with E-state index >= 15 is 0 Å². The zero-order valence-electron chi connectivity index (χ0n) is 13.7. The summed E-state index contributed by atoms with van der Waals surface area (Å²) in [7, 11) is 0. The van der Waals surface area contributed by atoms with Crippen molar-refractivity contribution in [2.45, 2.75) is 31.5 Å². The van der Waals surface area contributed by atoms with Gasteiger partial charge in [0.1, 0.15) is 0 Å². The molecule has 4 aliphatic rings. The van der Waals surface area contributed by atoms with E-state index in [1.165, 1.54) is 16.4 Å². The van der Waals surface area contributed by atoms with Crippen molar-refractivity contribution in [1.82, 2.24) is 20.7 Å². The van der Waals surface area contributed by atoms with E-state index < -0.39 is 6.03 Å². The van der Waals surface area contributed by atoms with Gasteiger partial charge >= 0.3 is 6.03 Å². The molecule has 8 heteroatoms. The van der Waals surface area contributed by atoms with Crippen LogP contribution in [0.1, 0.15) is 28.8 Å². The molecule has 1 aromatic rings. The van der Waals surface area contributed by atoms with Crippen LogP contribution < -0.4 is 15.5 Å². The molecule has 3 fully saturated rings. The molecule has 2 N–H and O–H groups in total. The molecule has 130 valence electrons. The molecular formula is C17H19N5O3. The summed E-state index contributed by atoms with van der Waals surface area (Å²) in [4.78, 5) is 38.4. The molecule has 8 nitrogen and oxygen atoms in total. The van der Waals surface area contributed by atoms with Crippen LogP contribution >= 0.6 is 0 Å². The molecule has 4 aliphatic heterocycles. The fraction of sp³-hybridized carbons (Fsp3) is 0.471. The average molecular weight is 341 g/mol. The van der Waals surface area contributed by atoms with Gasteiger partial charge in [0.2, 0.25) is 5.91 Å². The monoisotopic (exact) mass is 341 g/mol. The highest BCUT2D eigenvalue weighted by atomic mass is 16.2. The summed E-state index contributed by atoms with van der Waals surface area (Å²) >= 11 is 0. The molecule has 2 bridgehead atoms. The largest absolute Gasteiger partial charge is 0.366 e. The maximum Gasteiger partial charge on any atom is 0.342 e. The number of nitrogens with one attached hydrogen (secondary N) is 2. The Hall–Kier alpha value is -2.61. The summed E-state index contributed by atoms with van der Waals surface area (Å²) in [5.74, 6) is -0.485. The molecule has 2 atom stereocenters. The van der Waals surface area contributed by atoms with E-state index in [1.54, 1.807) is 0 Å². The van der Waals surface area contributed by atoms with Crippen molar-refractivity contribution in [3.8, 4) is 0 Å². The normalized spacial score (nSPS) is 28.0. The molecule has 4 heterocycles. The molecule has 1 aromatic carbocycles. The number of carbonyl (C=O) groups is 3. The first-order chi connectivity index (χ1) is 12.1. The van der Waals surface area contributed by atoms with Gasteiger partial charge in [0.15, 0.2) is 0 Å². The molecule has 0 radical (unpaired) electrons.